The van der Waals surface area contributed by atoms with E-state index in [2.05, 4.69) is 9.55 Å². The fourth-order valence-corrected chi connectivity index (χ4v) is 4.49. The van der Waals surface area contributed by atoms with E-state index in [1.54, 1.807) is 25.3 Å². The highest BCUT2D eigenvalue weighted by Crippen LogP contribution is 2.29. The molecule has 3 rings (SSSR count). The van der Waals surface area contributed by atoms with Crippen LogP contribution in [0.3, 0.4) is 0 Å². The molecule has 9 nitrogen and oxygen atoms in total. The SMILES string of the molecule is COc1cc(Cn2ccnc2C2CCN(C(=O)CCCS(N)(=O)=O)CC2)cc(OC)c1. The van der Waals surface area contributed by atoms with Crippen LogP contribution in [0.5, 0.6) is 11.5 Å². The van der Waals surface area contributed by atoms with Gasteiger partial charge in [0.05, 0.1) is 20.0 Å². The topological polar surface area (TPSA) is 117 Å². The van der Waals surface area contributed by atoms with Gasteiger partial charge in [-0.05, 0) is 37.0 Å². The first-order valence-electron chi connectivity index (χ1n) is 10.3. The van der Waals surface area contributed by atoms with E-state index in [0.29, 0.717) is 19.6 Å². The molecular formula is C21H30N4O5S. The fourth-order valence-electron chi connectivity index (χ4n) is 3.94. The molecule has 0 aliphatic carbocycles. The Hall–Kier alpha value is -2.59. The Morgan fingerprint density at radius 1 is 1.16 bits per heavy atom. The van der Waals surface area contributed by atoms with E-state index in [4.69, 9.17) is 14.6 Å². The van der Waals surface area contributed by atoms with Crippen LogP contribution in [0.1, 0.15) is 43.0 Å². The van der Waals surface area contributed by atoms with Gasteiger partial charge in [0.1, 0.15) is 17.3 Å². The molecule has 1 fully saturated rings. The number of aromatic nitrogens is 2. The van der Waals surface area contributed by atoms with Crippen LogP contribution in [0.15, 0.2) is 30.6 Å². The minimum atomic E-state index is -3.53. The van der Waals surface area contributed by atoms with Crippen molar-refractivity contribution in [2.24, 2.45) is 5.14 Å². The number of carbonyl (C=O) groups is 1. The molecule has 2 heterocycles. The van der Waals surface area contributed by atoms with E-state index in [0.717, 1.165) is 35.7 Å². The number of ether oxygens (including phenoxy) is 2. The molecule has 1 amide bonds. The minimum Gasteiger partial charge on any atom is -0.497 e. The van der Waals surface area contributed by atoms with Gasteiger partial charge in [-0.2, -0.15) is 0 Å². The Morgan fingerprint density at radius 2 is 1.81 bits per heavy atom. The molecule has 170 valence electrons. The summed E-state index contributed by atoms with van der Waals surface area (Å²) in [6.45, 7) is 1.92. The summed E-state index contributed by atoms with van der Waals surface area (Å²) in [5.41, 5.74) is 1.05. The lowest BCUT2D eigenvalue weighted by Crippen LogP contribution is -2.38. The number of methoxy groups -OCH3 is 2. The first-order valence-corrected chi connectivity index (χ1v) is 12.0. The molecule has 1 aliphatic rings. The molecule has 0 spiro atoms. The van der Waals surface area contributed by atoms with E-state index in [1.165, 1.54) is 0 Å². The van der Waals surface area contributed by atoms with Crippen LogP contribution in [0, 0.1) is 0 Å². The third-order valence-electron chi connectivity index (χ3n) is 5.54. The van der Waals surface area contributed by atoms with Crippen molar-refractivity contribution in [1.29, 1.82) is 0 Å². The van der Waals surface area contributed by atoms with Crippen molar-refractivity contribution < 1.29 is 22.7 Å². The van der Waals surface area contributed by atoms with Crippen molar-refractivity contribution in [2.75, 3.05) is 33.1 Å². The number of piperidine rings is 1. The second-order valence-corrected chi connectivity index (χ2v) is 9.49. The summed E-state index contributed by atoms with van der Waals surface area (Å²) in [5, 5.41) is 5.00. The van der Waals surface area contributed by atoms with Crippen LogP contribution < -0.4 is 14.6 Å². The monoisotopic (exact) mass is 450 g/mol. The first-order chi connectivity index (χ1) is 14.8. The molecule has 0 saturated carbocycles. The molecule has 2 aromatic rings. The van der Waals surface area contributed by atoms with Gasteiger partial charge in [0.2, 0.25) is 15.9 Å². The number of nitrogens with two attached hydrogens (primary N) is 1. The lowest BCUT2D eigenvalue weighted by molar-refractivity contribution is -0.132. The van der Waals surface area contributed by atoms with Crippen LogP contribution >= 0.6 is 0 Å². The zero-order chi connectivity index (χ0) is 22.4. The average molecular weight is 451 g/mol. The number of hydrogen-bond acceptors (Lipinski definition) is 6. The minimum absolute atomic E-state index is 0.0195. The number of nitrogens with zero attached hydrogens (tertiary/aromatic N) is 3. The van der Waals surface area contributed by atoms with Gasteiger partial charge >= 0.3 is 0 Å². The molecule has 0 bridgehead atoms. The summed E-state index contributed by atoms with van der Waals surface area (Å²) in [6.07, 6.45) is 5.86. The van der Waals surface area contributed by atoms with Gasteiger partial charge in [-0.1, -0.05) is 0 Å². The maximum atomic E-state index is 12.4. The zero-order valence-electron chi connectivity index (χ0n) is 18.0. The molecule has 10 heteroatoms. The molecule has 2 N–H and O–H groups in total. The standard InChI is InChI=1S/C21H30N4O5S/c1-29-18-12-16(13-19(14-18)30-2)15-25-10-7-23-21(25)17-5-8-24(9-6-17)20(26)4-3-11-31(22,27)28/h7,10,12-14,17H,3-6,8-9,11,15H2,1-2H3,(H2,22,27,28). The number of primary sulfonamides is 1. The predicted molar refractivity (Wildman–Crippen MR) is 117 cm³/mol. The molecule has 1 aromatic heterocycles. The Labute approximate surface area is 183 Å². The maximum Gasteiger partial charge on any atom is 0.222 e. The quantitative estimate of drug-likeness (QED) is 0.622. The van der Waals surface area contributed by atoms with Gasteiger partial charge in [-0.3, -0.25) is 4.79 Å². The summed E-state index contributed by atoms with van der Waals surface area (Å²) in [6, 6.07) is 5.80. The number of hydrogen-bond donors (Lipinski definition) is 1. The maximum absolute atomic E-state index is 12.4. The van der Waals surface area contributed by atoms with E-state index < -0.39 is 10.0 Å². The fraction of sp³-hybridized carbons (Fsp3) is 0.524. The largest absolute Gasteiger partial charge is 0.497 e. The van der Waals surface area contributed by atoms with Gasteiger partial charge in [0.15, 0.2) is 0 Å². The van der Waals surface area contributed by atoms with E-state index >= 15 is 0 Å². The first kappa shape index (κ1) is 23.1. The summed E-state index contributed by atoms with van der Waals surface area (Å²) in [4.78, 5) is 18.7. The smallest absolute Gasteiger partial charge is 0.222 e. The van der Waals surface area contributed by atoms with Gasteiger partial charge in [-0.25, -0.2) is 18.5 Å². The van der Waals surface area contributed by atoms with Crippen molar-refractivity contribution in [3.05, 3.63) is 42.0 Å². The molecule has 0 unspecified atom stereocenters. The molecule has 1 aromatic carbocycles. The number of amides is 1. The van der Waals surface area contributed by atoms with Crippen LogP contribution in [-0.4, -0.2) is 61.8 Å². The highest BCUT2D eigenvalue weighted by atomic mass is 32.2. The highest BCUT2D eigenvalue weighted by Gasteiger charge is 2.26. The van der Waals surface area contributed by atoms with E-state index in [-0.39, 0.29) is 30.4 Å². The van der Waals surface area contributed by atoms with E-state index in [9.17, 15) is 13.2 Å². The van der Waals surface area contributed by atoms with Crippen molar-refractivity contribution in [1.82, 2.24) is 14.5 Å². The highest BCUT2D eigenvalue weighted by molar-refractivity contribution is 7.89. The zero-order valence-corrected chi connectivity index (χ0v) is 18.8. The summed E-state index contributed by atoms with van der Waals surface area (Å²) in [5.74, 6) is 2.56. The number of likely N-dealkylation sites (tertiary alicyclic amines) is 1. The predicted octanol–water partition coefficient (Wildman–Crippen LogP) is 1.72. The second kappa shape index (κ2) is 10.1. The van der Waals surface area contributed by atoms with Crippen molar-refractivity contribution >= 4 is 15.9 Å². The number of benzene rings is 1. The number of rotatable bonds is 9. The average Bonchev–Trinajstić information content (AvgIpc) is 3.20. The van der Waals surface area contributed by atoms with E-state index in [1.807, 2.05) is 24.4 Å². The summed E-state index contributed by atoms with van der Waals surface area (Å²) >= 11 is 0. The molecule has 0 radical (unpaired) electrons. The van der Waals surface area contributed by atoms with Crippen LogP contribution in [0.2, 0.25) is 0 Å². The Balaban J connectivity index is 1.59. The Bertz CT molecular complexity index is 975. The van der Waals surface area contributed by atoms with Gasteiger partial charge in [0, 0.05) is 50.4 Å². The lowest BCUT2D eigenvalue weighted by atomic mass is 9.95. The van der Waals surface area contributed by atoms with Crippen molar-refractivity contribution in [2.45, 2.75) is 38.1 Å². The van der Waals surface area contributed by atoms with Gasteiger partial charge in [-0.15, -0.1) is 0 Å². The molecule has 1 saturated heterocycles. The third-order valence-corrected chi connectivity index (χ3v) is 6.40. The normalized spacial score (nSPS) is 15.1. The molecule has 0 atom stereocenters. The van der Waals surface area contributed by atoms with Gasteiger partial charge in [0.25, 0.3) is 0 Å². The van der Waals surface area contributed by atoms with Crippen LogP contribution in [-0.2, 0) is 21.4 Å². The molecule has 31 heavy (non-hydrogen) atoms. The van der Waals surface area contributed by atoms with Crippen molar-refractivity contribution in [3.8, 4) is 11.5 Å². The number of carbonyl (C=O) groups excluding carboxylic acids is 1. The van der Waals surface area contributed by atoms with Gasteiger partial charge < -0.3 is 18.9 Å². The van der Waals surface area contributed by atoms with Crippen LogP contribution in [0.25, 0.3) is 0 Å². The lowest BCUT2D eigenvalue weighted by Gasteiger charge is -2.32. The third kappa shape index (κ3) is 6.44. The second-order valence-electron chi connectivity index (χ2n) is 7.76. The Morgan fingerprint density at radius 3 is 2.39 bits per heavy atom. The Kier molecular flexibility index (Phi) is 7.55. The number of imidazole rings is 1. The molecule has 1 aliphatic heterocycles. The molecular weight excluding hydrogens is 420 g/mol. The summed E-state index contributed by atoms with van der Waals surface area (Å²) in [7, 11) is -0.266. The van der Waals surface area contributed by atoms with Crippen molar-refractivity contribution in [3.63, 3.8) is 0 Å². The summed E-state index contributed by atoms with van der Waals surface area (Å²) < 4.78 is 34.9. The van der Waals surface area contributed by atoms with Crippen LogP contribution in [0.4, 0.5) is 0 Å². The number of sulfonamides is 1.